The molecular formula is C32H29F3N6O3S. The molecule has 232 valence electrons. The molecule has 45 heavy (non-hydrogen) atoms. The highest BCUT2D eigenvalue weighted by Crippen LogP contribution is 2.36. The zero-order chi connectivity index (χ0) is 31.6. The normalized spacial score (nSPS) is 19.3. The number of aromatic nitrogens is 3. The fraction of sp³-hybridized carbons (Fsp3) is 0.281. The van der Waals surface area contributed by atoms with E-state index < -0.39 is 12.4 Å². The van der Waals surface area contributed by atoms with Crippen molar-refractivity contribution in [2.45, 2.75) is 50.9 Å². The van der Waals surface area contributed by atoms with Crippen molar-refractivity contribution < 1.29 is 27.5 Å². The number of amides is 3. The summed E-state index contributed by atoms with van der Waals surface area (Å²) in [5.41, 5.74) is 4.14. The number of aliphatic imine (C=N–C) groups is 1. The Labute approximate surface area is 261 Å². The lowest BCUT2D eigenvalue weighted by Gasteiger charge is -2.22. The van der Waals surface area contributed by atoms with Crippen LogP contribution in [0.5, 0.6) is 5.75 Å². The number of hydrogen-bond acceptors (Lipinski definition) is 6. The van der Waals surface area contributed by atoms with Crippen LogP contribution in [-0.2, 0) is 11.2 Å². The molecule has 3 amide bonds. The number of carbonyl (C=O) groups excluding carboxylic acids is 2. The van der Waals surface area contributed by atoms with Crippen LogP contribution in [0.15, 0.2) is 84.1 Å². The van der Waals surface area contributed by atoms with Gasteiger partial charge in [-0.15, -0.1) is 18.3 Å². The van der Waals surface area contributed by atoms with Gasteiger partial charge in [-0.2, -0.15) is 4.99 Å². The number of alkyl halides is 3. The Bertz CT molecular complexity index is 1720. The van der Waals surface area contributed by atoms with E-state index in [-0.39, 0.29) is 29.4 Å². The summed E-state index contributed by atoms with van der Waals surface area (Å²) in [4.78, 5) is 36.0. The van der Waals surface area contributed by atoms with Gasteiger partial charge in [0, 0.05) is 17.5 Å². The third-order valence-corrected chi connectivity index (χ3v) is 8.75. The Morgan fingerprint density at radius 1 is 1.07 bits per heavy atom. The molecule has 1 aliphatic carbocycles. The molecule has 1 saturated heterocycles. The minimum atomic E-state index is -4.76. The molecule has 2 unspecified atom stereocenters. The number of thioether (sulfide) groups is 1. The Morgan fingerprint density at radius 3 is 2.56 bits per heavy atom. The summed E-state index contributed by atoms with van der Waals surface area (Å²) in [6, 6.07) is 20.3. The van der Waals surface area contributed by atoms with E-state index in [2.05, 4.69) is 25.1 Å². The highest BCUT2D eigenvalue weighted by molar-refractivity contribution is 8.15. The van der Waals surface area contributed by atoms with E-state index in [1.54, 1.807) is 4.90 Å². The van der Waals surface area contributed by atoms with Crippen LogP contribution in [0.1, 0.15) is 43.2 Å². The second-order valence-corrected chi connectivity index (χ2v) is 11.6. The molecule has 1 aliphatic heterocycles. The van der Waals surface area contributed by atoms with Crippen molar-refractivity contribution in [2.24, 2.45) is 4.99 Å². The van der Waals surface area contributed by atoms with E-state index in [9.17, 15) is 22.8 Å². The van der Waals surface area contributed by atoms with Gasteiger partial charge >= 0.3 is 12.4 Å². The van der Waals surface area contributed by atoms with Gasteiger partial charge in [0.15, 0.2) is 11.0 Å². The number of aryl methyl sites for hydroxylation is 1. The van der Waals surface area contributed by atoms with E-state index in [1.165, 1.54) is 47.0 Å². The lowest BCUT2D eigenvalue weighted by atomic mass is 9.93. The summed E-state index contributed by atoms with van der Waals surface area (Å²) in [5, 5.41) is 7.93. The van der Waals surface area contributed by atoms with Gasteiger partial charge < -0.3 is 10.1 Å². The molecule has 1 aromatic heterocycles. The van der Waals surface area contributed by atoms with Crippen LogP contribution in [0.2, 0.25) is 0 Å². The van der Waals surface area contributed by atoms with Crippen molar-refractivity contribution in [3.63, 3.8) is 0 Å². The van der Waals surface area contributed by atoms with Gasteiger partial charge in [-0.3, -0.25) is 9.69 Å². The van der Waals surface area contributed by atoms with Crippen LogP contribution in [0.25, 0.3) is 17.1 Å². The lowest BCUT2D eigenvalue weighted by Crippen LogP contribution is -2.37. The molecule has 2 aliphatic rings. The van der Waals surface area contributed by atoms with Crippen LogP contribution in [0.3, 0.4) is 0 Å². The Morgan fingerprint density at radius 2 is 1.82 bits per heavy atom. The minimum Gasteiger partial charge on any atom is -0.406 e. The number of hydrogen-bond donors (Lipinski definition) is 1. The van der Waals surface area contributed by atoms with Crippen molar-refractivity contribution in [3.8, 4) is 22.8 Å². The average Bonchev–Trinajstić information content (AvgIpc) is 3.78. The van der Waals surface area contributed by atoms with Gasteiger partial charge in [0.2, 0.25) is 5.91 Å². The molecule has 0 radical (unpaired) electrons. The molecule has 4 aromatic rings. The zero-order valence-electron chi connectivity index (χ0n) is 24.2. The molecule has 0 bridgehead atoms. The number of rotatable bonds is 7. The first-order valence-electron chi connectivity index (χ1n) is 14.5. The zero-order valence-corrected chi connectivity index (χ0v) is 25.0. The summed E-state index contributed by atoms with van der Waals surface area (Å²) in [7, 11) is 0. The van der Waals surface area contributed by atoms with Gasteiger partial charge in [0.05, 0.1) is 17.1 Å². The van der Waals surface area contributed by atoms with Crippen molar-refractivity contribution in [1.29, 1.82) is 0 Å². The molecule has 2 heterocycles. The van der Waals surface area contributed by atoms with Crippen molar-refractivity contribution in [3.05, 3.63) is 90.3 Å². The monoisotopic (exact) mass is 634 g/mol. The summed E-state index contributed by atoms with van der Waals surface area (Å²) in [6.45, 7) is 2.02. The second-order valence-electron chi connectivity index (χ2n) is 10.7. The highest BCUT2D eigenvalue weighted by atomic mass is 32.2. The van der Waals surface area contributed by atoms with E-state index in [0.29, 0.717) is 16.7 Å². The van der Waals surface area contributed by atoms with Gasteiger partial charge in [-0.1, -0.05) is 67.6 Å². The number of benzene rings is 3. The summed E-state index contributed by atoms with van der Waals surface area (Å²) in [6.07, 6.45) is 0.164. The standard InChI is InChI=1S/C32H29F3N6O3S/c1-2-20-6-3-4-9-27(20)41-28(42)18-45-31(41)38-30(43)37-26-8-5-7-25(26)21-10-12-22(13-11-21)29-36-19-40(39-29)23-14-16-24(17-15-23)44-32(33,34)35/h3-4,6,9-17,19,25-26H,2,5,7-8,18H2,1H3,(H,37,43). The van der Waals surface area contributed by atoms with Crippen molar-refractivity contribution in [1.82, 2.24) is 20.1 Å². The third-order valence-electron chi connectivity index (χ3n) is 7.82. The minimum absolute atomic E-state index is 0.0981. The molecule has 9 nitrogen and oxygen atoms in total. The maximum absolute atomic E-state index is 13.1. The largest absolute Gasteiger partial charge is 0.573 e. The highest BCUT2D eigenvalue weighted by Gasteiger charge is 2.34. The Balaban J connectivity index is 1.12. The predicted molar refractivity (Wildman–Crippen MR) is 166 cm³/mol. The fourth-order valence-corrected chi connectivity index (χ4v) is 6.58. The number of nitrogens with zero attached hydrogens (tertiary/aromatic N) is 5. The number of carbonyl (C=O) groups is 2. The number of anilines is 1. The van der Waals surface area contributed by atoms with E-state index in [4.69, 9.17) is 0 Å². The van der Waals surface area contributed by atoms with Crippen LogP contribution in [-0.4, -0.2) is 50.0 Å². The summed E-state index contributed by atoms with van der Waals surface area (Å²) < 4.78 is 42.7. The summed E-state index contributed by atoms with van der Waals surface area (Å²) >= 11 is 1.26. The molecule has 2 atom stereocenters. The number of para-hydroxylation sites is 1. The number of amidine groups is 1. The first-order chi connectivity index (χ1) is 21.7. The summed E-state index contributed by atoms with van der Waals surface area (Å²) in [5.74, 6) is 0.379. The number of urea groups is 1. The van der Waals surface area contributed by atoms with Gasteiger partial charge in [-0.25, -0.2) is 14.5 Å². The predicted octanol–water partition coefficient (Wildman–Crippen LogP) is 6.88. The fourth-order valence-electron chi connectivity index (χ4n) is 5.72. The van der Waals surface area contributed by atoms with E-state index in [0.717, 1.165) is 48.1 Å². The first-order valence-corrected chi connectivity index (χ1v) is 15.5. The molecule has 2 fully saturated rings. The topological polar surface area (TPSA) is 102 Å². The van der Waals surface area contributed by atoms with E-state index >= 15 is 0 Å². The maximum atomic E-state index is 13.1. The van der Waals surface area contributed by atoms with Crippen LogP contribution >= 0.6 is 11.8 Å². The van der Waals surface area contributed by atoms with Gasteiger partial charge in [0.1, 0.15) is 12.1 Å². The third kappa shape index (κ3) is 6.88. The molecule has 13 heteroatoms. The number of halogens is 3. The Hall–Kier alpha value is -4.65. The molecule has 3 aromatic carbocycles. The second kappa shape index (κ2) is 12.8. The van der Waals surface area contributed by atoms with Crippen LogP contribution in [0, 0.1) is 0 Å². The number of ether oxygens (including phenoxy) is 1. The van der Waals surface area contributed by atoms with Crippen LogP contribution < -0.4 is 15.0 Å². The van der Waals surface area contributed by atoms with Crippen molar-refractivity contribution >= 4 is 34.6 Å². The average molecular weight is 635 g/mol. The van der Waals surface area contributed by atoms with Crippen LogP contribution in [0.4, 0.5) is 23.7 Å². The Kier molecular flexibility index (Phi) is 8.61. The molecule has 1 N–H and O–H groups in total. The quantitative estimate of drug-likeness (QED) is 0.238. The lowest BCUT2D eigenvalue weighted by molar-refractivity contribution is -0.274. The smallest absolute Gasteiger partial charge is 0.406 e. The van der Waals surface area contributed by atoms with E-state index in [1.807, 2.05) is 55.5 Å². The number of nitrogens with one attached hydrogen (secondary N) is 1. The molecule has 6 rings (SSSR count). The molecule has 0 spiro atoms. The molecular weight excluding hydrogens is 605 g/mol. The first kappa shape index (κ1) is 30.4. The van der Waals surface area contributed by atoms with Crippen molar-refractivity contribution in [2.75, 3.05) is 10.7 Å². The molecule has 1 saturated carbocycles. The van der Waals surface area contributed by atoms with Gasteiger partial charge in [-0.05, 0) is 60.7 Å². The maximum Gasteiger partial charge on any atom is 0.573 e. The van der Waals surface area contributed by atoms with Gasteiger partial charge in [0.25, 0.3) is 0 Å². The SMILES string of the molecule is CCc1ccccc1N1C(=O)CSC1=NC(=O)NC1CCCC1c1ccc(-c2ncn(-c3ccc(OC(F)(F)F)cc3)n2)cc1.